The van der Waals surface area contributed by atoms with Crippen LogP contribution in [0.5, 0.6) is 0 Å². The summed E-state index contributed by atoms with van der Waals surface area (Å²) >= 11 is 0. The molecule has 0 heterocycles. The molecule has 0 aliphatic rings. The first-order chi connectivity index (χ1) is 10.0. The van der Waals surface area contributed by atoms with Crippen LogP contribution in [0.3, 0.4) is 0 Å². The minimum Gasteiger partial charge on any atom is -0.465 e. The number of nitriles is 2. The second-order valence-electron chi connectivity index (χ2n) is 3.94. The van der Waals surface area contributed by atoms with Crippen molar-refractivity contribution in [2.45, 2.75) is 27.2 Å². The number of carbonyl (C=O) groups excluding carboxylic acids is 2. The van der Waals surface area contributed by atoms with E-state index < -0.39 is 17.9 Å². The highest BCUT2D eigenvalue weighted by Gasteiger charge is 2.33. The van der Waals surface area contributed by atoms with E-state index in [1.807, 2.05) is 12.1 Å². The van der Waals surface area contributed by atoms with Gasteiger partial charge in [-0.3, -0.25) is 9.59 Å². The Labute approximate surface area is 124 Å². The van der Waals surface area contributed by atoms with Gasteiger partial charge in [0.05, 0.1) is 30.9 Å². The third kappa shape index (κ3) is 6.40. The summed E-state index contributed by atoms with van der Waals surface area (Å²) < 4.78 is 9.61. The minimum atomic E-state index is -1.38. The molecule has 0 aromatic rings. The maximum absolute atomic E-state index is 11.8. The van der Waals surface area contributed by atoms with E-state index in [0.29, 0.717) is 5.57 Å². The zero-order valence-electron chi connectivity index (χ0n) is 12.4. The van der Waals surface area contributed by atoms with Gasteiger partial charge in [0.15, 0.2) is 5.92 Å². The van der Waals surface area contributed by atoms with Crippen molar-refractivity contribution < 1.29 is 19.1 Å². The second-order valence-corrected chi connectivity index (χ2v) is 3.94. The summed E-state index contributed by atoms with van der Waals surface area (Å²) in [6.45, 7) is 5.03. The normalized spacial score (nSPS) is 11.5. The summed E-state index contributed by atoms with van der Waals surface area (Å²) in [4.78, 5) is 23.7. The van der Waals surface area contributed by atoms with Crippen LogP contribution >= 0.6 is 0 Å². The van der Waals surface area contributed by atoms with Crippen LogP contribution in [0, 0.1) is 28.6 Å². The highest BCUT2D eigenvalue weighted by Crippen LogP contribution is 2.16. The van der Waals surface area contributed by atoms with E-state index in [2.05, 4.69) is 0 Å². The van der Waals surface area contributed by atoms with Crippen LogP contribution in [0.15, 0.2) is 23.3 Å². The van der Waals surface area contributed by atoms with Crippen LogP contribution in [0.1, 0.15) is 27.2 Å². The lowest BCUT2D eigenvalue weighted by Crippen LogP contribution is -2.29. The van der Waals surface area contributed by atoms with Gasteiger partial charge in [-0.15, -0.1) is 0 Å². The summed E-state index contributed by atoms with van der Waals surface area (Å²) in [5, 5.41) is 17.8. The standard InChI is InChI=1S/C15H18N2O4/c1-4-20-14(18)13(15(19)21-5-2)12(10-17)8-6-7-11(3)9-16/h7-8,13H,4-6H2,1-3H3. The molecule has 0 aromatic carbocycles. The second kappa shape index (κ2) is 10.2. The molecular formula is C15H18N2O4. The summed E-state index contributed by atoms with van der Waals surface area (Å²) in [7, 11) is 0. The maximum Gasteiger partial charge on any atom is 0.325 e. The highest BCUT2D eigenvalue weighted by molar-refractivity contribution is 5.99. The number of carbonyl (C=O) groups is 2. The van der Waals surface area contributed by atoms with Crippen molar-refractivity contribution in [1.29, 1.82) is 10.5 Å². The van der Waals surface area contributed by atoms with E-state index in [1.165, 1.54) is 6.08 Å². The van der Waals surface area contributed by atoms with E-state index in [9.17, 15) is 9.59 Å². The molecule has 0 radical (unpaired) electrons. The molecular weight excluding hydrogens is 272 g/mol. The van der Waals surface area contributed by atoms with Crippen LogP contribution in [-0.4, -0.2) is 25.2 Å². The number of nitrogens with zero attached hydrogens (tertiary/aromatic N) is 2. The molecule has 0 saturated heterocycles. The molecule has 0 unspecified atom stereocenters. The van der Waals surface area contributed by atoms with E-state index in [0.717, 1.165) is 0 Å². The molecule has 0 aromatic heterocycles. The SMILES string of the molecule is CCOC(=O)C(C(=O)OCC)C(C#N)=CCC=C(C)C#N. The molecule has 0 spiro atoms. The van der Waals surface area contributed by atoms with Gasteiger partial charge in [0, 0.05) is 5.57 Å². The van der Waals surface area contributed by atoms with Gasteiger partial charge in [-0.05, 0) is 27.2 Å². The predicted octanol–water partition coefficient (Wildman–Crippen LogP) is 2.04. The van der Waals surface area contributed by atoms with E-state index in [-0.39, 0.29) is 25.2 Å². The fourth-order valence-corrected chi connectivity index (χ4v) is 1.44. The fraction of sp³-hybridized carbons (Fsp3) is 0.467. The van der Waals surface area contributed by atoms with Gasteiger partial charge in [-0.25, -0.2) is 0 Å². The molecule has 0 bridgehead atoms. The molecule has 0 N–H and O–H groups in total. The lowest BCUT2D eigenvalue weighted by molar-refractivity contribution is -0.159. The van der Waals surface area contributed by atoms with Crippen molar-refractivity contribution in [1.82, 2.24) is 0 Å². The van der Waals surface area contributed by atoms with Gasteiger partial charge in [0.1, 0.15) is 0 Å². The Kier molecular flexibility index (Phi) is 8.95. The lowest BCUT2D eigenvalue weighted by atomic mass is 9.99. The smallest absolute Gasteiger partial charge is 0.325 e. The largest absolute Gasteiger partial charge is 0.465 e. The molecule has 21 heavy (non-hydrogen) atoms. The fourth-order valence-electron chi connectivity index (χ4n) is 1.44. The van der Waals surface area contributed by atoms with Crippen LogP contribution in [-0.2, 0) is 19.1 Å². The quantitative estimate of drug-likeness (QED) is 0.404. The number of hydrogen-bond acceptors (Lipinski definition) is 6. The highest BCUT2D eigenvalue weighted by atomic mass is 16.6. The van der Waals surface area contributed by atoms with Gasteiger partial charge < -0.3 is 9.47 Å². The Morgan fingerprint density at radius 2 is 1.57 bits per heavy atom. The molecule has 0 atom stereocenters. The van der Waals surface area contributed by atoms with Gasteiger partial charge in [-0.1, -0.05) is 12.2 Å². The predicted molar refractivity (Wildman–Crippen MR) is 74.4 cm³/mol. The number of esters is 2. The van der Waals surface area contributed by atoms with Crippen LogP contribution < -0.4 is 0 Å². The van der Waals surface area contributed by atoms with Gasteiger partial charge in [0.2, 0.25) is 0 Å². The van der Waals surface area contributed by atoms with Crippen molar-refractivity contribution in [2.24, 2.45) is 5.92 Å². The molecule has 6 heteroatoms. The van der Waals surface area contributed by atoms with E-state index >= 15 is 0 Å². The molecule has 0 saturated carbocycles. The molecule has 0 amide bonds. The lowest BCUT2D eigenvalue weighted by Gasteiger charge is -2.13. The Hall–Kier alpha value is -2.60. The first kappa shape index (κ1) is 18.4. The third-order valence-corrected chi connectivity index (χ3v) is 2.42. The van der Waals surface area contributed by atoms with E-state index in [4.69, 9.17) is 20.0 Å². The molecule has 6 nitrogen and oxygen atoms in total. The maximum atomic E-state index is 11.8. The minimum absolute atomic E-state index is 0.0473. The van der Waals surface area contributed by atoms with Crippen LogP contribution in [0.4, 0.5) is 0 Å². The first-order valence-electron chi connectivity index (χ1n) is 6.52. The van der Waals surface area contributed by atoms with Crippen molar-refractivity contribution in [3.63, 3.8) is 0 Å². The number of rotatable bonds is 7. The average molecular weight is 290 g/mol. The first-order valence-corrected chi connectivity index (χ1v) is 6.52. The number of allylic oxidation sites excluding steroid dienone is 3. The number of hydrogen-bond donors (Lipinski definition) is 0. The molecule has 0 aliphatic carbocycles. The third-order valence-electron chi connectivity index (χ3n) is 2.42. The zero-order chi connectivity index (χ0) is 16.3. The Morgan fingerprint density at radius 1 is 1.05 bits per heavy atom. The molecule has 0 rings (SSSR count). The summed E-state index contributed by atoms with van der Waals surface area (Å²) in [5.41, 5.74) is 0.432. The molecule has 112 valence electrons. The van der Waals surface area contributed by atoms with Gasteiger partial charge >= 0.3 is 11.9 Å². The zero-order valence-corrected chi connectivity index (χ0v) is 12.4. The van der Waals surface area contributed by atoms with Crippen LogP contribution in [0.2, 0.25) is 0 Å². The summed E-state index contributed by atoms with van der Waals surface area (Å²) in [6, 6.07) is 3.76. The van der Waals surface area contributed by atoms with Crippen molar-refractivity contribution in [3.05, 3.63) is 23.3 Å². The van der Waals surface area contributed by atoms with Gasteiger partial charge in [0.25, 0.3) is 0 Å². The van der Waals surface area contributed by atoms with Gasteiger partial charge in [-0.2, -0.15) is 10.5 Å². The van der Waals surface area contributed by atoms with Crippen molar-refractivity contribution in [3.8, 4) is 12.1 Å². The monoisotopic (exact) mass is 290 g/mol. The van der Waals surface area contributed by atoms with Crippen molar-refractivity contribution >= 4 is 11.9 Å². The Balaban J connectivity index is 5.31. The Morgan fingerprint density at radius 3 is 1.95 bits per heavy atom. The number of ether oxygens (including phenoxy) is 2. The van der Waals surface area contributed by atoms with Crippen LogP contribution in [0.25, 0.3) is 0 Å². The average Bonchev–Trinajstić information content (AvgIpc) is 2.46. The van der Waals surface area contributed by atoms with E-state index in [1.54, 1.807) is 26.8 Å². The topological polar surface area (TPSA) is 100 Å². The Bertz CT molecular complexity index is 503. The molecule has 0 fully saturated rings. The molecule has 0 aliphatic heterocycles. The van der Waals surface area contributed by atoms with Crippen molar-refractivity contribution in [2.75, 3.05) is 13.2 Å². The summed E-state index contributed by atoms with van der Waals surface area (Å²) in [6.07, 6.45) is 3.27. The summed E-state index contributed by atoms with van der Waals surface area (Å²) in [5.74, 6) is -3.01.